The van der Waals surface area contributed by atoms with E-state index in [1.165, 1.54) is 30.6 Å². The van der Waals surface area contributed by atoms with Crippen molar-refractivity contribution in [2.45, 2.75) is 18.6 Å². The van der Waals surface area contributed by atoms with Gasteiger partial charge >= 0.3 is 11.9 Å². The molecule has 11 heteroatoms. The summed E-state index contributed by atoms with van der Waals surface area (Å²) in [6.07, 6.45) is -2.42. The molecule has 0 saturated carbocycles. The van der Waals surface area contributed by atoms with Crippen LogP contribution >= 0.6 is 11.3 Å². The molecule has 2 heterocycles. The third-order valence-corrected chi connectivity index (χ3v) is 5.80. The maximum atomic E-state index is 13.0. The molecule has 0 spiro atoms. The zero-order valence-corrected chi connectivity index (χ0v) is 17.6. The molecule has 32 heavy (non-hydrogen) atoms. The maximum absolute atomic E-state index is 13.0. The number of nitrogens with one attached hydrogen (secondary N) is 2. The van der Waals surface area contributed by atoms with Crippen molar-refractivity contribution < 1.29 is 22.3 Å². The van der Waals surface area contributed by atoms with E-state index in [1.807, 2.05) is 6.07 Å². The summed E-state index contributed by atoms with van der Waals surface area (Å²) in [5, 5.41) is 3.80. The van der Waals surface area contributed by atoms with Gasteiger partial charge in [0.05, 0.1) is 23.1 Å². The number of ether oxygens (including phenoxy) is 1. The highest BCUT2D eigenvalue weighted by Gasteiger charge is 2.34. The van der Waals surface area contributed by atoms with E-state index >= 15 is 0 Å². The lowest BCUT2D eigenvalue weighted by molar-refractivity contribution is -0.138. The third kappa shape index (κ3) is 4.78. The molecule has 0 unspecified atom stereocenters. The standard InChI is InChI=1S/C21H19F3N4O3S/c1-30-16-7-11(2-4-14(16)21(22,23)24)6-13(25)9-26-19-27-10-18(32-19)12-3-5-15-17(8-12)31-20(29)28-15/h2-5,7-8,10,13H,6,9,25H2,1H3,(H,26,27)(H,28,29)/t13-/m1/s1. The predicted molar refractivity (Wildman–Crippen MR) is 116 cm³/mol. The predicted octanol–water partition coefficient (Wildman–Crippen LogP) is 4.25. The Hall–Kier alpha value is -3.31. The van der Waals surface area contributed by atoms with Crippen molar-refractivity contribution in [1.29, 1.82) is 0 Å². The lowest BCUT2D eigenvalue weighted by Gasteiger charge is -2.16. The average molecular weight is 464 g/mol. The number of hydrogen-bond donors (Lipinski definition) is 3. The molecular weight excluding hydrogens is 445 g/mol. The van der Waals surface area contributed by atoms with Crippen LogP contribution in [0.15, 0.2) is 51.8 Å². The quantitative estimate of drug-likeness (QED) is 0.378. The Bertz CT molecular complexity index is 1300. The highest BCUT2D eigenvalue weighted by atomic mass is 32.1. The van der Waals surface area contributed by atoms with Crippen molar-refractivity contribution in [3.05, 3.63) is 64.3 Å². The lowest BCUT2D eigenvalue weighted by atomic mass is 10.0. The Kier molecular flexibility index (Phi) is 5.94. The van der Waals surface area contributed by atoms with Crippen LogP contribution in [0, 0.1) is 0 Å². The Morgan fingerprint density at radius 3 is 2.84 bits per heavy atom. The summed E-state index contributed by atoms with van der Waals surface area (Å²) in [7, 11) is 1.21. The van der Waals surface area contributed by atoms with Gasteiger partial charge in [0.1, 0.15) is 5.75 Å². The van der Waals surface area contributed by atoms with Crippen LogP contribution in [0.1, 0.15) is 11.1 Å². The highest BCUT2D eigenvalue weighted by molar-refractivity contribution is 7.18. The zero-order chi connectivity index (χ0) is 22.9. The van der Waals surface area contributed by atoms with Crippen LogP contribution in [0.5, 0.6) is 5.75 Å². The molecule has 0 aliphatic heterocycles. The van der Waals surface area contributed by atoms with Gasteiger partial charge in [0.15, 0.2) is 10.7 Å². The zero-order valence-electron chi connectivity index (χ0n) is 16.8. The van der Waals surface area contributed by atoms with Gasteiger partial charge < -0.3 is 20.2 Å². The van der Waals surface area contributed by atoms with Gasteiger partial charge in [-0.15, -0.1) is 0 Å². The number of H-pyrrole nitrogens is 1. The van der Waals surface area contributed by atoms with Crippen molar-refractivity contribution in [2.24, 2.45) is 5.73 Å². The van der Waals surface area contributed by atoms with Gasteiger partial charge in [0.25, 0.3) is 0 Å². The highest BCUT2D eigenvalue weighted by Crippen LogP contribution is 2.36. The van der Waals surface area contributed by atoms with Crippen LogP contribution < -0.4 is 21.5 Å². The van der Waals surface area contributed by atoms with Gasteiger partial charge in [-0.3, -0.25) is 4.98 Å². The molecule has 0 fully saturated rings. The second-order valence-electron chi connectivity index (χ2n) is 7.13. The first-order valence-electron chi connectivity index (χ1n) is 9.55. The molecule has 4 rings (SSSR count). The third-order valence-electron chi connectivity index (χ3n) is 4.80. The van der Waals surface area contributed by atoms with E-state index in [-0.39, 0.29) is 11.8 Å². The summed E-state index contributed by atoms with van der Waals surface area (Å²) in [6, 6.07) is 8.79. The number of rotatable bonds is 7. The fourth-order valence-electron chi connectivity index (χ4n) is 3.28. The van der Waals surface area contributed by atoms with Gasteiger partial charge in [-0.1, -0.05) is 23.5 Å². The number of thiazole rings is 1. The van der Waals surface area contributed by atoms with E-state index in [1.54, 1.807) is 18.3 Å². The molecule has 168 valence electrons. The number of nitrogens with two attached hydrogens (primary N) is 1. The fourth-order valence-corrected chi connectivity index (χ4v) is 4.10. The molecule has 0 radical (unpaired) electrons. The summed E-state index contributed by atoms with van der Waals surface area (Å²) in [4.78, 5) is 19.1. The Morgan fingerprint density at radius 2 is 2.09 bits per heavy atom. The first-order chi connectivity index (χ1) is 15.2. The number of oxazole rings is 1. The summed E-state index contributed by atoms with van der Waals surface area (Å²) < 4.78 is 49.0. The Balaban J connectivity index is 1.39. The second kappa shape index (κ2) is 8.67. The molecule has 0 saturated heterocycles. The van der Waals surface area contributed by atoms with E-state index in [9.17, 15) is 18.0 Å². The first kappa shape index (κ1) is 21.9. The summed E-state index contributed by atoms with van der Waals surface area (Å²) >= 11 is 1.41. The molecule has 7 nitrogen and oxygen atoms in total. The van der Waals surface area contributed by atoms with E-state index in [4.69, 9.17) is 14.9 Å². The lowest BCUT2D eigenvalue weighted by Crippen LogP contribution is -2.31. The van der Waals surface area contributed by atoms with Gasteiger partial charge in [-0.2, -0.15) is 13.2 Å². The molecule has 2 aromatic heterocycles. The summed E-state index contributed by atoms with van der Waals surface area (Å²) in [6.45, 7) is 0.377. The van der Waals surface area contributed by atoms with E-state index in [0.29, 0.717) is 34.8 Å². The molecule has 0 aliphatic rings. The van der Waals surface area contributed by atoms with Crippen LogP contribution in [-0.4, -0.2) is 29.7 Å². The molecule has 0 bridgehead atoms. The van der Waals surface area contributed by atoms with Crippen LogP contribution in [-0.2, 0) is 12.6 Å². The molecule has 0 aliphatic carbocycles. The Labute approximate surface area is 184 Å². The van der Waals surface area contributed by atoms with E-state index < -0.39 is 17.5 Å². The van der Waals surface area contributed by atoms with Crippen LogP contribution in [0.3, 0.4) is 0 Å². The van der Waals surface area contributed by atoms with Crippen molar-refractivity contribution in [3.63, 3.8) is 0 Å². The maximum Gasteiger partial charge on any atom is 0.419 e. The summed E-state index contributed by atoms with van der Waals surface area (Å²) in [5.41, 5.74) is 7.92. The van der Waals surface area contributed by atoms with Crippen molar-refractivity contribution in [1.82, 2.24) is 9.97 Å². The van der Waals surface area contributed by atoms with E-state index in [2.05, 4.69) is 15.3 Å². The van der Waals surface area contributed by atoms with Crippen LogP contribution in [0.2, 0.25) is 0 Å². The van der Waals surface area contributed by atoms with Crippen LogP contribution in [0.25, 0.3) is 21.5 Å². The molecule has 0 amide bonds. The topological polar surface area (TPSA) is 106 Å². The Morgan fingerprint density at radius 1 is 1.28 bits per heavy atom. The number of fused-ring (bicyclic) bond motifs is 1. The molecule has 2 aromatic carbocycles. The molecule has 4 aromatic rings. The van der Waals surface area contributed by atoms with Gasteiger partial charge in [-0.05, 0) is 41.8 Å². The minimum atomic E-state index is -4.48. The first-order valence-corrected chi connectivity index (χ1v) is 10.4. The molecular formula is C21H19F3N4O3S. The normalized spacial score (nSPS) is 12.8. The molecule has 4 N–H and O–H groups in total. The number of hydrogen-bond acceptors (Lipinski definition) is 7. The SMILES string of the molecule is COc1cc(C[C@@H](N)CNc2ncc(-c3ccc4[nH]c(=O)oc4c3)s2)ccc1C(F)(F)F. The summed E-state index contributed by atoms with van der Waals surface area (Å²) in [5.74, 6) is -0.738. The van der Waals surface area contributed by atoms with Gasteiger partial charge in [0, 0.05) is 18.8 Å². The largest absolute Gasteiger partial charge is 0.496 e. The van der Waals surface area contributed by atoms with Crippen molar-refractivity contribution >= 4 is 27.6 Å². The van der Waals surface area contributed by atoms with Crippen molar-refractivity contribution in [2.75, 3.05) is 19.0 Å². The number of benzene rings is 2. The number of nitrogens with zero attached hydrogens (tertiary/aromatic N) is 1. The molecule has 1 atom stereocenters. The minimum Gasteiger partial charge on any atom is -0.496 e. The number of anilines is 1. The number of alkyl halides is 3. The number of aromatic nitrogens is 2. The van der Waals surface area contributed by atoms with Gasteiger partial charge in [-0.25, -0.2) is 9.78 Å². The van der Waals surface area contributed by atoms with Crippen LogP contribution in [0.4, 0.5) is 18.3 Å². The number of aromatic amines is 1. The number of halogens is 3. The average Bonchev–Trinajstić information content (AvgIpc) is 3.36. The number of methoxy groups -OCH3 is 1. The minimum absolute atomic E-state index is 0.227. The van der Waals surface area contributed by atoms with Crippen molar-refractivity contribution in [3.8, 4) is 16.2 Å². The monoisotopic (exact) mass is 464 g/mol. The van der Waals surface area contributed by atoms with Gasteiger partial charge in [0.2, 0.25) is 0 Å². The van der Waals surface area contributed by atoms with E-state index in [0.717, 1.165) is 16.5 Å². The fraction of sp³-hybridized carbons (Fsp3) is 0.238. The smallest absolute Gasteiger partial charge is 0.419 e. The second-order valence-corrected chi connectivity index (χ2v) is 8.16.